The maximum atomic E-state index is 14.5. The number of nitrogens with zero attached hydrogens (tertiary/aromatic N) is 3. The summed E-state index contributed by atoms with van der Waals surface area (Å²) in [5, 5.41) is -0.531. The van der Waals surface area contributed by atoms with Crippen molar-refractivity contribution in [3.8, 4) is 22.4 Å². The maximum absolute atomic E-state index is 14.5. The first-order valence-electron chi connectivity index (χ1n) is 7.56. The number of aryl methyl sites for hydroxylation is 1. The summed E-state index contributed by atoms with van der Waals surface area (Å²) in [6, 6.07) is 11.9. The van der Waals surface area contributed by atoms with E-state index >= 15 is 0 Å². The number of halogens is 3. The van der Waals surface area contributed by atoms with Crippen LogP contribution in [0.15, 0.2) is 55.0 Å². The quantitative estimate of drug-likeness (QED) is 0.461. The van der Waals surface area contributed by atoms with Crippen LogP contribution in [-0.2, 0) is 7.05 Å². The predicted molar refractivity (Wildman–Crippen MR) is 94.3 cm³/mol. The predicted octanol–water partition coefficient (Wildman–Crippen LogP) is 5.23. The molecule has 3 nitrogen and oxygen atoms in total. The number of fused-ring (bicyclic) bond motifs is 1. The summed E-state index contributed by atoms with van der Waals surface area (Å²) < 4.78 is 29.9. The zero-order valence-electron chi connectivity index (χ0n) is 13.2. The molecule has 0 atom stereocenters. The average Bonchev–Trinajstić information content (AvgIpc) is 3.00. The van der Waals surface area contributed by atoms with Crippen molar-refractivity contribution in [3.63, 3.8) is 0 Å². The Bertz CT molecular complexity index is 1110. The van der Waals surface area contributed by atoms with Crippen molar-refractivity contribution in [3.05, 3.63) is 71.6 Å². The molecule has 0 saturated carbocycles. The minimum absolute atomic E-state index is 0.159. The monoisotopic (exact) mass is 355 g/mol. The van der Waals surface area contributed by atoms with E-state index in [1.165, 1.54) is 6.07 Å². The molecule has 0 amide bonds. The molecule has 0 N–H and O–H groups in total. The number of hydrogen-bond acceptors (Lipinski definition) is 2. The molecule has 0 aliphatic rings. The van der Waals surface area contributed by atoms with Gasteiger partial charge in [-0.15, -0.1) is 0 Å². The SMILES string of the molecule is Cn1cnc2ccc(-c3cccnc3-c3ccc(F)c(Cl)c3F)cc21. The van der Waals surface area contributed by atoms with Gasteiger partial charge in [0.2, 0.25) is 0 Å². The maximum Gasteiger partial charge on any atom is 0.154 e. The number of rotatable bonds is 2. The summed E-state index contributed by atoms with van der Waals surface area (Å²) >= 11 is 5.73. The molecule has 0 saturated heterocycles. The van der Waals surface area contributed by atoms with Crippen molar-refractivity contribution in [1.82, 2.24) is 14.5 Å². The normalized spacial score (nSPS) is 11.2. The van der Waals surface area contributed by atoms with Crippen molar-refractivity contribution >= 4 is 22.6 Å². The van der Waals surface area contributed by atoms with Crippen molar-refractivity contribution in [2.24, 2.45) is 7.05 Å². The number of benzene rings is 2. The van der Waals surface area contributed by atoms with Crippen LogP contribution in [0.1, 0.15) is 0 Å². The highest BCUT2D eigenvalue weighted by molar-refractivity contribution is 6.31. The summed E-state index contributed by atoms with van der Waals surface area (Å²) in [5.41, 5.74) is 3.97. The van der Waals surface area contributed by atoms with Crippen molar-refractivity contribution in [2.45, 2.75) is 0 Å². The van der Waals surface area contributed by atoms with Gasteiger partial charge < -0.3 is 4.57 Å². The minimum atomic E-state index is -0.816. The van der Waals surface area contributed by atoms with Gasteiger partial charge in [0.05, 0.1) is 23.1 Å². The second kappa shape index (κ2) is 5.93. The Morgan fingerprint density at radius 1 is 1.00 bits per heavy atom. The van der Waals surface area contributed by atoms with E-state index in [9.17, 15) is 8.78 Å². The molecule has 0 aliphatic carbocycles. The summed E-state index contributed by atoms with van der Waals surface area (Å²) in [4.78, 5) is 8.60. The molecule has 124 valence electrons. The molecule has 0 radical (unpaired) electrons. The lowest BCUT2D eigenvalue weighted by Crippen LogP contribution is -1.94. The standard InChI is InChI=1S/C19H12ClF2N3/c1-25-10-24-15-7-4-11(9-16(15)25)12-3-2-8-23-19(12)13-5-6-14(21)17(20)18(13)22/h2-10H,1H3. The number of aromatic nitrogens is 3. The van der Waals surface area contributed by atoms with Gasteiger partial charge in [0.1, 0.15) is 10.8 Å². The third kappa shape index (κ3) is 2.57. The van der Waals surface area contributed by atoms with Gasteiger partial charge in [-0.1, -0.05) is 23.7 Å². The zero-order chi connectivity index (χ0) is 17.6. The van der Waals surface area contributed by atoms with E-state index in [1.807, 2.05) is 35.9 Å². The second-order valence-electron chi connectivity index (χ2n) is 5.68. The van der Waals surface area contributed by atoms with Gasteiger partial charge in [-0.2, -0.15) is 0 Å². The Morgan fingerprint density at radius 2 is 1.84 bits per heavy atom. The molecular formula is C19H12ClF2N3. The van der Waals surface area contributed by atoms with E-state index in [2.05, 4.69) is 9.97 Å². The molecule has 0 fully saturated rings. The molecule has 4 aromatic rings. The number of pyridine rings is 1. The van der Waals surface area contributed by atoms with Gasteiger partial charge in [0.25, 0.3) is 0 Å². The highest BCUT2D eigenvalue weighted by Crippen LogP contribution is 2.35. The zero-order valence-corrected chi connectivity index (χ0v) is 13.9. The molecule has 2 aromatic heterocycles. The van der Waals surface area contributed by atoms with E-state index < -0.39 is 16.7 Å². The Labute approximate surface area is 147 Å². The Morgan fingerprint density at radius 3 is 2.68 bits per heavy atom. The van der Waals surface area contributed by atoms with Crippen LogP contribution in [0.3, 0.4) is 0 Å². The van der Waals surface area contributed by atoms with Crippen LogP contribution in [0.25, 0.3) is 33.4 Å². The van der Waals surface area contributed by atoms with Gasteiger partial charge >= 0.3 is 0 Å². The van der Waals surface area contributed by atoms with E-state index in [0.717, 1.165) is 28.2 Å². The summed E-state index contributed by atoms with van der Waals surface area (Å²) in [6.45, 7) is 0. The molecule has 2 aromatic carbocycles. The molecule has 2 heterocycles. The molecule has 0 spiro atoms. The number of hydrogen-bond donors (Lipinski definition) is 0. The first-order valence-corrected chi connectivity index (χ1v) is 7.94. The van der Waals surface area contributed by atoms with Gasteiger partial charge in [-0.05, 0) is 35.9 Å². The first kappa shape index (κ1) is 15.7. The molecule has 0 unspecified atom stereocenters. The fourth-order valence-electron chi connectivity index (χ4n) is 2.86. The Kier molecular flexibility index (Phi) is 3.73. The Balaban J connectivity index is 1.95. The highest BCUT2D eigenvalue weighted by Gasteiger charge is 2.17. The summed E-state index contributed by atoms with van der Waals surface area (Å²) in [6.07, 6.45) is 3.30. The minimum Gasteiger partial charge on any atom is -0.334 e. The van der Waals surface area contributed by atoms with Crippen LogP contribution in [0.5, 0.6) is 0 Å². The van der Waals surface area contributed by atoms with Crippen molar-refractivity contribution in [1.29, 1.82) is 0 Å². The van der Waals surface area contributed by atoms with Crippen LogP contribution < -0.4 is 0 Å². The van der Waals surface area contributed by atoms with Gasteiger partial charge in [-0.3, -0.25) is 4.98 Å². The van der Waals surface area contributed by atoms with Crippen molar-refractivity contribution < 1.29 is 8.78 Å². The molecule has 6 heteroatoms. The highest BCUT2D eigenvalue weighted by atomic mass is 35.5. The van der Waals surface area contributed by atoms with E-state index in [-0.39, 0.29) is 5.56 Å². The number of imidazole rings is 1. The van der Waals surface area contributed by atoms with Crippen LogP contribution >= 0.6 is 11.6 Å². The Hall–Kier alpha value is -2.79. The first-order chi connectivity index (χ1) is 12.1. The van der Waals surface area contributed by atoms with E-state index in [0.29, 0.717) is 5.69 Å². The lowest BCUT2D eigenvalue weighted by Gasteiger charge is -2.11. The van der Waals surface area contributed by atoms with Crippen LogP contribution in [-0.4, -0.2) is 14.5 Å². The molecule has 25 heavy (non-hydrogen) atoms. The third-order valence-electron chi connectivity index (χ3n) is 4.13. The average molecular weight is 356 g/mol. The van der Waals surface area contributed by atoms with Gasteiger partial charge in [0, 0.05) is 24.4 Å². The van der Waals surface area contributed by atoms with Crippen LogP contribution in [0.4, 0.5) is 8.78 Å². The lowest BCUT2D eigenvalue weighted by atomic mass is 9.98. The van der Waals surface area contributed by atoms with Gasteiger partial charge in [0.15, 0.2) is 5.82 Å². The summed E-state index contributed by atoms with van der Waals surface area (Å²) in [7, 11) is 1.91. The third-order valence-corrected chi connectivity index (χ3v) is 4.48. The smallest absolute Gasteiger partial charge is 0.154 e. The summed E-state index contributed by atoms with van der Waals surface area (Å²) in [5.74, 6) is -1.61. The lowest BCUT2D eigenvalue weighted by molar-refractivity contribution is 0.586. The van der Waals surface area contributed by atoms with Crippen molar-refractivity contribution in [2.75, 3.05) is 0 Å². The second-order valence-corrected chi connectivity index (χ2v) is 6.06. The topological polar surface area (TPSA) is 30.7 Å². The van der Waals surface area contributed by atoms with Gasteiger partial charge in [-0.25, -0.2) is 13.8 Å². The molecular weight excluding hydrogens is 344 g/mol. The molecule has 0 aliphatic heterocycles. The molecule has 4 rings (SSSR count). The largest absolute Gasteiger partial charge is 0.334 e. The fraction of sp³-hybridized carbons (Fsp3) is 0.0526. The van der Waals surface area contributed by atoms with Crippen LogP contribution in [0.2, 0.25) is 5.02 Å². The fourth-order valence-corrected chi connectivity index (χ4v) is 3.02. The van der Waals surface area contributed by atoms with E-state index in [4.69, 9.17) is 11.6 Å². The molecule has 0 bridgehead atoms. The van der Waals surface area contributed by atoms with E-state index in [1.54, 1.807) is 18.6 Å². The van der Waals surface area contributed by atoms with Crippen LogP contribution in [0, 0.1) is 11.6 Å².